The van der Waals surface area contributed by atoms with Crippen molar-refractivity contribution in [3.8, 4) is 11.1 Å². The Kier molecular flexibility index (Phi) is 4.32. The molecule has 23 heavy (non-hydrogen) atoms. The minimum atomic E-state index is -1.62. The summed E-state index contributed by atoms with van der Waals surface area (Å²) in [7, 11) is 0. The van der Waals surface area contributed by atoms with E-state index in [1.165, 1.54) is 6.92 Å². The average Bonchev–Trinajstić information content (AvgIpc) is 2.87. The largest absolute Gasteiger partial charge is 0.449 e. The van der Waals surface area contributed by atoms with Crippen molar-refractivity contribution in [1.82, 2.24) is 5.32 Å². The van der Waals surface area contributed by atoms with E-state index in [0.717, 1.165) is 22.3 Å². The number of carbonyl (C=O) groups is 1. The molecule has 0 heterocycles. The van der Waals surface area contributed by atoms with Gasteiger partial charge in [0.15, 0.2) is 6.29 Å². The van der Waals surface area contributed by atoms with Gasteiger partial charge in [-0.3, -0.25) is 0 Å². The molecule has 5 heteroatoms. The molecule has 0 radical (unpaired) electrons. The third-order valence-corrected chi connectivity index (χ3v) is 4.14. The summed E-state index contributed by atoms with van der Waals surface area (Å²) in [5.74, 6) is -0.0116. The Bertz CT molecular complexity index is 668. The number of hydrogen-bond donors (Lipinski definition) is 3. The molecule has 3 rings (SSSR count). The van der Waals surface area contributed by atoms with Crippen molar-refractivity contribution < 1.29 is 19.7 Å². The molecule has 0 unspecified atom stereocenters. The Morgan fingerprint density at radius 3 is 2.13 bits per heavy atom. The molecule has 2 aromatic rings. The van der Waals surface area contributed by atoms with Crippen molar-refractivity contribution in [2.45, 2.75) is 25.2 Å². The molecule has 0 fully saturated rings. The van der Waals surface area contributed by atoms with Crippen LogP contribution in [-0.4, -0.2) is 35.2 Å². The van der Waals surface area contributed by atoms with E-state index in [1.54, 1.807) is 0 Å². The van der Waals surface area contributed by atoms with Gasteiger partial charge in [0.05, 0.1) is 6.04 Å². The molecule has 0 saturated carbocycles. The normalized spacial score (nSPS) is 14.3. The quantitative estimate of drug-likeness (QED) is 0.756. The molecule has 1 aliphatic rings. The van der Waals surface area contributed by atoms with Crippen molar-refractivity contribution >= 4 is 6.09 Å². The summed E-state index contributed by atoms with van der Waals surface area (Å²) >= 11 is 0. The summed E-state index contributed by atoms with van der Waals surface area (Å²) in [6, 6.07) is 15.4. The molecular formula is C18H19NO4. The van der Waals surface area contributed by atoms with Crippen LogP contribution in [0, 0.1) is 0 Å². The third kappa shape index (κ3) is 3.06. The first-order valence-corrected chi connectivity index (χ1v) is 7.55. The first-order chi connectivity index (χ1) is 11.1. The van der Waals surface area contributed by atoms with E-state index in [1.807, 2.05) is 36.4 Å². The Balaban J connectivity index is 1.75. The predicted octanol–water partition coefficient (Wildman–Crippen LogP) is 2.22. The molecule has 0 spiro atoms. The topological polar surface area (TPSA) is 78.8 Å². The lowest BCUT2D eigenvalue weighted by Gasteiger charge is -2.18. The second-order valence-electron chi connectivity index (χ2n) is 5.67. The van der Waals surface area contributed by atoms with E-state index in [2.05, 4.69) is 17.4 Å². The van der Waals surface area contributed by atoms with Gasteiger partial charge in [0.25, 0.3) is 0 Å². The maximum absolute atomic E-state index is 11.8. The number of hydrogen-bond acceptors (Lipinski definition) is 4. The van der Waals surface area contributed by atoms with E-state index < -0.39 is 18.4 Å². The van der Waals surface area contributed by atoms with Gasteiger partial charge in [-0.25, -0.2) is 4.79 Å². The van der Waals surface area contributed by atoms with Crippen LogP contribution >= 0.6 is 0 Å². The molecule has 1 amide bonds. The highest BCUT2D eigenvalue weighted by molar-refractivity contribution is 5.79. The van der Waals surface area contributed by atoms with E-state index >= 15 is 0 Å². The molecule has 0 saturated heterocycles. The number of carbonyl (C=O) groups excluding carboxylic acids is 1. The highest BCUT2D eigenvalue weighted by Crippen LogP contribution is 2.44. The molecule has 0 aromatic heterocycles. The number of benzene rings is 2. The molecule has 2 aromatic carbocycles. The molecule has 5 nitrogen and oxygen atoms in total. The lowest BCUT2D eigenvalue weighted by molar-refractivity contribution is -0.0617. The summed E-state index contributed by atoms with van der Waals surface area (Å²) in [5, 5.41) is 20.4. The standard InChI is InChI=1S/C18H19NO4/c1-11(17(20)21)19-18(22)23-10-16-14-8-4-2-6-12(14)13-7-3-5-9-15(13)16/h2-9,11,16-17,20-21H,10H2,1H3,(H,19,22)/t11-/m0/s1. The fraction of sp³-hybridized carbons (Fsp3) is 0.278. The molecule has 0 aliphatic heterocycles. The molecule has 120 valence electrons. The van der Waals surface area contributed by atoms with Crippen LogP contribution in [-0.2, 0) is 4.74 Å². The van der Waals surface area contributed by atoms with Gasteiger partial charge >= 0.3 is 6.09 Å². The van der Waals surface area contributed by atoms with Crippen LogP contribution in [0.1, 0.15) is 24.0 Å². The van der Waals surface area contributed by atoms with Crippen LogP contribution in [0.3, 0.4) is 0 Å². The average molecular weight is 313 g/mol. The van der Waals surface area contributed by atoms with Crippen molar-refractivity contribution in [3.05, 3.63) is 59.7 Å². The molecule has 1 aliphatic carbocycles. The third-order valence-electron chi connectivity index (χ3n) is 4.14. The molecule has 1 atom stereocenters. The van der Waals surface area contributed by atoms with Crippen LogP contribution < -0.4 is 5.32 Å². The zero-order valence-corrected chi connectivity index (χ0v) is 12.8. The number of nitrogens with one attached hydrogen (secondary N) is 1. The van der Waals surface area contributed by atoms with Crippen molar-refractivity contribution in [2.24, 2.45) is 0 Å². The van der Waals surface area contributed by atoms with Crippen LogP contribution in [0.15, 0.2) is 48.5 Å². The Labute approximate surface area is 134 Å². The SMILES string of the molecule is C[C@H](NC(=O)OCC1c2ccccc2-c2ccccc21)C(O)O. The summed E-state index contributed by atoms with van der Waals surface area (Å²) in [6.45, 7) is 1.69. The zero-order chi connectivity index (χ0) is 16.4. The number of fused-ring (bicyclic) bond motifs is 3. The Morgan fingerprint density at radius 2 is 1.61 bits per heavy atom. The highest BCUT2D eigenvalue weighted by atomic mass is 16.5. The summed E-state index contributed by atoms with van der Waals surface area (Å²) < 4.78 is 5.29. The van der Waals surface area contributed by atoms with Crippen LogP contribution in [0.5, 0.6) is 0 Å². The Hall–Kier alpha value is -2.37. The van der Waals surface area contributed by atoms with E-state index in [4.69, 9.17) is 14.9 Å². The van der Waals surface area contributed by atoms with E-state index in [-0.39, 0.29) is 12.5 Å². The maximum atomic E-state index is 11.8. The lowest BCUT2D eigenvalue weighted by atomic mass is 9.98. The van der Waals surface area contributed by atoms with Gasteiger partial charge < -0.3 is 20.3 Å². The fourth-order valence-electron chi connectivity index (χ4n) is 2.90. The van der Waals surface area contributed by atoms with Crippen LogP contribution in [0.4, 0.5) is 4.79 Å². The highest BCUT2D eigenvalue weighted by Gasteiger charge is 2.29. The van der Waals surface area contributed by atoms with Gasteiger partial charge in [0, 0.05) is 5.92 Å². The first-order valence-electron chi connectivity index (χ1n) is 7.55. The number of ether oxygens (including phenoxy) is 1. The minimum absolute atomic E-state index is 0.0116. The fourth-order valence-corrected chi connectivity index (χ4v) is 2.90. The lowest BCUT2D eigenvalue weighted by Crippen LogP contribution is -2.41. The van der Waals surface area contributed by atoms with Gasteiger partial charge in [-0.2, -0.15) is 0 Å². The number of rotatable bonds is 4. The van der Waals surface area contributed by atoms with Crippen LogP contribution in [0.25, 0.3) is 11.1 Å². The van der Waals surface area contributed by atoms with E-state index in [9.17, 15) is 4.79 Å². The summed E-state index contributed by atoms with van der Waals surface area (Å²) in [5.41, 5.74) is 4.60. The van der Waals surface area contributed by atoms with Crippen molar-refractivity contribution in [3.63, 3.8) is 0 Å². The second kappa shape index (κ2) is 6.40. The molecule has 0 bridgehead atoms. The number of aliphatic hydroxyl groups excluding tert-OH is 1. The molecular weight excluding hydrogens is 294 g/mol. The monoisotopic (exact) mass is 313 g/mol. The summed E-state index contributed by atoms with van der Waals surface area (Å²) in [6.07, 6.45) is -2.28. The number of amides is 1. The van der Waals surface area contributed by atoms with Crippen LogP contribution in [0.2, 0.25) is 0 Å². The minimum Gasteiger partial charge on any atom is -0.449 e. The predicted molar refractivity (Wildman–Crippen MR) is 85.9 cm³/mol. The van der Waals surface area contributed by atoms with Gasteiger partial charge in [0.2, 0.25) is 0 Å². The smallest absolute Gasteiger partial charge is 0.407 e. The number of aliphatic hydroxyl groups is 2. The van der Waals surface area contributed by atoms with Gasteiger partial charge in [0.1, 0.15) is 6.61 Å². The second-order valence-corrected chi connectivity index (χ2v) is 5.67. The zero-order valence-electron chi connectivity index (χ0n) is 12.8. The first kappa shape index (κ1) is 15.5. The van der Waals surface area contributed by atoms with Crippen molar-refractivity contribution in [1.29, 1.82) is 0 Å². The van der Waals surface area contributed by atoms with Gasteiger partial charge in [-0.15, -0.1) is 0 Å². The van der Waals surface area contributed by atoms with Gasteiger partial charge in [-0.1, -0.05) is 48.5 Å². The summed E-state index contributed by atoms with van der Waals surface area (Å²) in [4.78, 5) is 11.8. The van der Waals surface area contributed by atoms with Gasteiger partial charge in [-0.05, 0) is 29.2 Å². The molecule has 3 N–H and O–H groups in total. The number of alkyl carbamates (subject to hydrolysis) is 1. The van der Waals surface area contributed by atoms with Crippen molar-refractivity contribution in [2.75, 3.05) is 6.61 Å². The maximum Gasteiger partial charge on any atom is 0.407 e. The van der Waals surface area contributed by atoms with E-state index in [0.29, 0.717) is 0 Å². The Morgan fingerprint density at radius 1 is 1.09 bits per heavy atom.